The minimum Gasteiger partial charge on any atom is -0.455 e. The molecule has 0 spiro atoms. The van der Waals surface area contributed by atoms with Gasteiger partial charge in [0.25, 0.3) is 6.02 Å². The van der Waals surface area contributed by atoms with E-state index >= 15 is 0 Å². The lowest BCUT2D eigenvalue weighted by Crippen LogP contribution is -2.38. The summed E-state index contributed by atoms with van der Waals surface area (Å²) in [5.74, 6) is 0. The summed E-state index contributed by atoms with van der Waals surface area (Å²) in [5.41, 5.74) is 2.57. The summed E-state index contributed by atoms with van der Waals surface area (Å²) < 4.78 is 6.07. The van der Waals surface area contributed by atoms with Gasteiger partial charge < -0.3 is 9.64 Å². The van der Waals surface area contributed by atoms with Crippen LogP contribution in [0.1, 0.15) is 36.5 Å². The van der Waals surface area contributed by atoms with Gasteiger partial charge in [0.05, 0.1) is 6.04 Å². The standard InChI is InChI=1S/C15H20N2O.ClH/c1-11-6-5-7-12(10-11)14-13-8-3-4-9-17(13)15(16-2)18-14;/h5-7,10,13-14H,3-4,8-9H2,1-2H3;1H/t13-,14+;/m1./s1. The Balaban J connectivity index is 0.00000133. The molecule has 2 atom stereocenters. The second-order valence-corrected chi connectivity index (χ2v) is 5.22. The second kappa shape index (κ2) is 5.83. The Morgan fingerprint density at radius 3 is 2.89 bits per heavy atom. The molecular formula is C15H21ClN2O. The third-order valence-corrected chi connectivity index (χ3v) is 3.94. The maximum Gasteiger partial charge on any atom is 0.288 e. The van der Waals surface area contributed by atoms with Crippen molar-refractivity contribution in [3.63, 3.8) is 0 Å². The molecule has 0 bridgehead atoms. The Hall–Kier alpha value is -1.22. The van der Waals surface area contributed by atoms with E-state index in [1.807, 2.05) is 7.05 Å². The van der Waals surface area contributed by atoms with Crippen LogP contribution in [-0.4, -0.2) is 30.6 Å². The topological polar surface area (TPSA) is 24.8 Å². The number of ether oxygens (including phenoxy) is 1. The summed E-state index contributed by atoms with van der Waals surface area (Å²) in [6.07, 6.45) is 3.91. The lowest BCUT2D eigenvalue weighted by Gasteiger charge is -2.30. The van der Waals surface area contributed by atoms with Gasteiger partial charge in [-0.3, -0.25) is 0 Å². The van der Waals surface area contributed by atoms with Crippen LogP contribution in [0, 0.1) is 6.92 Å². The van der Waals surface area contributed by atoms with E-state index in [4.69, 9.17) is 4.74 Å². The first kappa shape index (κ1) is 14.2. The van der Waals surface area contributed by atoms with Gasteiger partial charge in [0.1, 0.15) is 6.10 Å². The molecule has 0 radical (unpaired) electrons. The lowest BCUT2D eigenvalue weighted by atomic mass is 9.94. The van der Waals surface area contributed by atoms with Gasteiger partial charge >= 0.3 is 0 Å². The number of benzene rings is 1. The van der Waals surface area contributed by atoms with Crippen LogP contribution >= 0.6 is 12.4 Å². The fraction of sp³-hybridized carbons (Fsp3) is 0.533. The highest BCUT2D eigenvalue weighted by Crippen LogP contribution is 2.37. The molecule has 2 saturated heterocycles. The molecule has 0 aliphatic carbocycles. The van der Waals surface area contributed by atoms with Gasteiger partial charge in [0, 0.05) is 13.6 Å². The molecule has 3 rings (SSSR count). The molecule has 104 valence electrons. The Bertz CT molecular complexity index is 475. The van der Waals surface area contributed by atoms with Crippen LogP contribution in [0.25, 0.3) is 0 Å². The number of aliphatic imine (C=N–C) groups is 1. The number of hydrogen-bond acceptors (Lipinski definition) is 2. The predicted octanol–water partition coefficient (Wildman–Crippen LogP) is 3.33. The number of amidine groups is 1. The van der Waals surface area contributed by atoms with Gasteiger partial charge in [-0.15, -0.1) is 12.4 Å². The van der Waals surface area contributed by atoms with Crippen molar-refractivity contribution in [2.45, 2.75) is 38.3 Å². The minimum atomic E-state index is 0. The first-order valence-corrected chi connectivity index (χ1v) is 6.76. The fourth-order valence-electron chi connectivity index (χ4n) is 3.09. The highest BCUT2D eigenvalue weighted by molar-refractivity contribution is 5.85. The molecule has 2 aliphatic rings. The van der Waals surface area contributed by atoms with Crippen molar-refractivity contribution in [2.24, 2.45) is 4.99 Å². The molecule has 3 nitrogen and oxygen atoms in total. The van der Waals surface area contributed by atoms with E-state index in [1.54, 1.807) is 0 Å². The van der Waals surface area contributed by atoms with E-state index in [0.29, 0.717) is 6.04 Å². The van der Waals surface area contributed by atoms with E-state index in [9.17, 15) is 0 Å². The van der Waals surface area contributed by atoms with Gasteiger partial charge in [-0.25, -0.2) is 4.99 Å². The van der Waals surface area contributed by atoms with Gasteiger partial charge in [-0.2, -0.15) is 0 Å². The summed E-state index contributed by atoms with van der Waals surface area (Å²) in [5, 5.41) is 0. The average Bonchev–Trinajstić information content (AvgIpc) is 2.77. The van der Waals surface area contributed by atoms with Crippen LogP contribution in [0.2, 0.25) is 0 Å². The van der Waals surface area contributed by atoms with Crippen LogP contribution in [0.5, 0.6) is 0 Å². The third kappa shape index (κ3) is 2.57. The predicted molar refractivity (Wildman–Crippen MR) is 80.0 cm³/mol. The minimum absolute atomic E-state index is 0. The first-order valence-electron chi connectivity index (χ1n) is 6.76. The molecule has 0 amide bonds. The number of fused-ring (bicyclic) bond motifs is 1. The lowest BCUT2D eigenvalue weighted by molar-refractivity contribution is 0.168. The number of piperidine rings is 1. The molecule has 1 aromatic rings. The smallest absolute Gasteiger partial charge is 0.288 e. The molecular weight excluding hydrogens is 260 g/mol. The molecule has 2 aliphatic heterocycles. The first-order chi connectivity index (χ1) is 8.79. The molecule has 0 aromatic heterocycles. The maximum absolute atomic E-state index is 6.07. The van der Waals surface area contributed by atoms with Crippen molar-refractivity contribution in [3.8, 4) is 0 Å². The van der Waals surface area contributed by atoms with Crippen molar-refractivity contribution in [3.05, 3.63) is 35.4 Å². The molecule has 4 heteroatoms. The van der Waals surface area contributed by atoms with Crippen LogP contribution in [0.3, 0.4) is 0 Å². The number of aryl methyl sites for hydroxylation is 1. The van der Waals surface area contributed by atoms with Crippen LogP contribution in [0.15, 0.2) is 29.3 Å². The largest absolute Gasteiger partial charge is 0.455 e. The van der Waals surface area contributed by atoms with Gasteiger partial charge in [-0.05, 0) is 31.7 Å². The van der Waals surface area contributed by atoms with E-state index in [2.05, 4.69) is 41.1 Å². The summed E-state index contributed by atoms with van der Waals surface area (Å²) in [6, 6.07) is 9.94. The molecule has 0 unspecified atom stereocenters. The van der Waals surface area contributed by atoms with Crippen molar-refractivity contribution >= 4 is 18.4 Å². The van der Waals surface area contributed by atoms with E-state index in [-0.39, 0.29) is 18.5 Å². The Morgan fingerprint density at radius 1 is 1.32 bits per heavy atom. The van der Waals surface area contributed by atoms with Crippen LogP contribution < -0.4 is 0 Å². The highest BCUT2D eigenvalue weighted by atomic mass is 35.5. The normalized spacial score (nSPS) is 27.7. The highest BCUT2D eigenvalue weighted by Gasteiger charge is 2.41. The molecule has 0 saturated carbocycles. The molecule has 2 heterocycles. The van der Waals surface area contributed by atoms with Crippen molar-refractivity contribution in [1.29, 1.82) is 0 Å². The van der Waals surface area contributed by atoms with Gasteiger partial charge in [0.2, 0.25) is 0 Å². The Labute approximate surface area is 121 Å². The molecule has 0 N–H and O–H groups in total. The zero-order valence-electron chi connectivity index (χ0n) is 11.5. The number of rotatable bonds is 1. The molecule has 2 fully saturated rings. The molecule has 19 heavy (non-hydrogen) atoms. The van der Waals surface area contributed by atoms with E-state index < -0.39 is 0 Å². The van der Waals surface area contributed by atoms with E-state index in [0.717, 1.165) is 12.6 Å². The monoisotopic (exact) mass is 280 g/mol. The van der Waals surface area contributed by atoms with Crippen molar-refractivity contribution in [2.75, 3.05) is 13.6 Å². The van der Waals surface area contributed by atoms with Gasteiger partial charge in [0.15, 0.2) is 0 Å². The van der Waals surface area contributed by atoms with Crippen molar-refractivity contribution in [1.82, 2.24) is 4.90 Å². The second-order valence-electron chi connectivity index (χ2n) is 5.22. The Morgan fingerprint density at radius 2 is 2.16 bits per heavy atom. The van der Waals surface area contributed by atoms with Gasteiger partial charge in [-0.1, -0.05) is 29.8 Å². The SMILES string of the molecule is CN=C1O[C@@H](c2cccc(C)c2)[C@H]2CCCCN12.Cl. The summed E-state index contributed by atoms with van der Waals surface area (Å²) in [4.78, 5) is 6.63. The average molecular weight is 281 g/mol. The number of hydrogen-bond donors (Lipinski definition) is 0. The number of halogens is 1. The molecule has 1 aromatic carbocycles. The summed E-state index contributed by atoms with van der Waals surface area (Å²) >= 11 is 0. The quantitative estimate of drug-likeness (QED) is 0.788. The maximum atomic E-state index is 6.07. The fourth-order valence-corrected chi connectivity index (χ4v) is 3.09. The van der Waals surface area contributed by atoms with Crippen molar-refractivity contribution < 1.29 is 4.74 Å². The van der Waals surface area contributed by atoms with Crippen LogP contribution in [-0.2, 0) is 4.74 Å². The zero-order valence-corrected chi connectivity index (χ0v) is 12.3. The number of nitrogens with zero attached hydrogens (tertiary/aromatic N) is 2. The zero-order chi connectivity index (χ0) is 12.5. The summed E-state index contributed by atoms with van der Waals surface area (Å²) in [6.45, 7) is 3.21. The third-order valence-electron chi connectivity index (χ3n) is 3.94. The van der Waals surface area contributed by atoms with Crippen LogP contribution in [0.4, 0.5) is 0 Å². The van der Waals surface area contributed by atoms with E-state index in [1.165, 1.54) is 30.4 Å². The summed E-state index contributed by atoms with van der Waals surface area (Å²) in [7, 11) is 1.82. The Kier molecular flexibility index (Phi) is 4.35.